The molecule has 1 aliphatic heterocycles. The fourth-order valence-electron chi connectivity index (χ4n) is 4.38. The van der Waals surface area contributed by atoms with Crippen molar-refractivity contribution in [3.8, 4) is 11.8 Å². The molecule has 180 valence electrons. The van der Waals surface area contributed by atoms with Gasteiger partial charge in [0.25, 0.3) is 5.91 Å². The predicted molar refractivity (Wildman–Crippen MR) is 121 cm³/mol. The summed E-state index contributed by atoms with van der Waals surface area (Å²) < 4.78 is 19.5. The fraction of sp³-hybridized carbons (Fsp3) is 0.500. The number of nitriles is 1. The molecule has 2 aliphatic rings. The average molecular weight is 470 g/mol. The molecule has 9 nitrogen and oxygen atoms in total. The van der Waals surface area contributed by atoms with Crippen LogP contribution >= 0.6 is 0 Å². The van der Waals surface area contributed by atoms with Crippen molar-refractivity contribution in [2.24, 2.45) is 11.8 Å². The summed E-state index contributed by atoms with van der Waals surface area (Å²) in [5, 5.41) is 18.2. The highest BCUT2D eigenvalue weighted by molar-refractivity contribution is 6.01. The minimum Gasteiger partial charge on any atom is -0.496 e. The van der Waals surface area contributed by atoms with E-state index in [4.69, 9.17) is 4.74 Å². The summed E-state index contributed by atoms with van der Waals surface area (Å²) in [5.74, 6) is -1.24. The van der Waals surface area contributed by atoms with Gasteiger partial charge in [0, 0.05) is 17.8 Å². The van der Waals surface area contributed by atoms with Crippen LogP contribution < -0.4 is 20.7 Å². The molecular formula is C24H28FN5O4. The number of aromatic amines is 1. The van der Waals surface area contributed by atoms with Crippen LogP contribution in [0.25, 0.3) is 10.9 Å². The van der Waals surface area contributed by atoms with Crippen molar-refractivity contribution in [1.82, 2.24) is 20.9 Å². The zero-order valence-electron chi connectivity index (χ0n) is 18.9. The molecular weight excluding hydrogens is 441 g/mol. The number of hydrogen-bond acceptors (Lipinski definition) is 5. The average Bonchev–Trinajstić information content (AvgIpc) is 3.53. The van der Waals surface area contributed by atoms with Gasteiger partial charge in [-0.1, -0.05) is 12.8 Å². The maximum atomic E-state index is 14.2. The first-order chi connectivity index (χ1) is 16.4. The molecule has 4 rings (SSSR count). The molecule has 2 heterocycles. The Labute approximate surface area is 196 Å². The summed E-state index contributed by atoms with van der Waals surface area (Å²) in [6, 6.07) is 4.58. The highest BCUT2D eigenvalue weighted by Gasteiger charge is 2.33. The number of benzene rings is 1. The smallest absolute Gasteiger partial charge is 0.268 e. The second-order valence-corrected chi connectivity index (χ2v) is 8.98. The summed E-state index contributed by atoms with van der Waals surface area (Å²) in [6.07, 6.45) is 4.11. The molecule has 3 amide bonds. The fourth-order valence-corrected chi connectivity index (χ4v) is 4.38. The van der Waals surface area contributed by atoms with Crippen LogP contribution in [0.5, 0.6) is 5.75 Å². The van der Waals surface area contributed by atoms with E-state index in [1.165, 1.54) is 25.3 Å². The predicted octanol–water partition coefficient (Wildman–Crippen LogP) is 2.14. The molecule has 1 aromatic carbocycles. The molecule has 1 aromatic heterocycles. The second-order valence-electron chi connectivity index (χ2n) is 8.98. The van der Waals surface area contributed by atoms with Crippen molar-refractivity contribution < 1.29 is 23.5 Å². The quantitative estimate of drug-likeness (QED) is 0.446. The summed E-state index contributed by atoms with van der Waals surface area (Å²) in [6.45, 7) is 0.623. The largest absolute Gasteiger partial charge is 0.496 e. The van der Waals surface area contributed by atoms with Gasteiger partial charge < -0.3 is 25.7 Å². The van der Waals surface area contributed by atoms with Gasteiger partial charge in [-0.2, -0.15) is 5.26 Å². The standard InChI is InChI=1S/C24H28FN5O4/c1-34-20-7-6-17(25)21-16(20)11-19(29-21)24(33)30-18(9-13-4-5-13)23(32)28-15(12-26)10-14-3-2-8-27-22(14)31/h6-7,11,13-15,18,29H,2-5,8-10H2,1H3,(H,27,31)(H,28,32)(H,30,33)/t14?,15-,18?/m0/s1. The first-order valence-electron chi connectivity index (χ1n) is 11.5. The number of aromatic nitrogens is 1. The van der Waals surface area contributed by atoms with E-state index >= 15 is 0 Å². The van der Waals surface area contributed by atoms with Crippen LogP contribution in [0.2, 0.25) is 0 Å². The molecule has 1 saturated carbocycles. The van der Waals surface area contributed by atoms with Crippen LogP contribution in [-0.4, -0.2) is 48.4 Å². The molecule has 0 spiro atoms. The molecule has 2 unspecified atom stereocenters. The zero-order valence-corrected chi connectivity index (χ0v) is 18.9. The minimum atomic E-state index is -0.853. The molecule has 1 saturated heterocycles. The topological polar surface area (TPSA) is 136 Å². The Morgan fingerprint density at radius 1 is 1.26 bits per heavy atom. The second kappa shape index (κ2) is 10.1. The van der Waals surface area contributed by atoms with Gasteiger partial charge in [0.2, 0.25) is 11.8 Å². The Balaban J connectivity index is 1.46. The van der Waals surface area contributed by atoms with Crippen LogP contribution in [0.4, 0.5) is 4.39 Å². The zero-order chi connectivity index (χ0) is 24.2. The molecule has 2 aromatic rings. The molecule has 1 aliphatic carbocycles. The number of nitrogens with zero attached hydrogens (tertiary/aromatic N) is 1. The van der Waals surface area contributed by atoms with E-state index in [9.17, 15) is 24.0 Å². The highest BCUT2D eigenvalue weighted by atomic mass is 19.1. The first-order valence-corrected chi connectivity index (χ1v) is 11.5. The highest BCUT2D eigenvalue weighted by Crippen LogP contribution is 2.34. The molecule has 0 bridgehead atoms. The summed E-state index contributed by atoms with van der Waals surface area (Å²) in [7, 11) is 1.46. The van der Waals surface area contributed by atoms with Crippen molar-refractivity contribution >= 4 is 28.6 Å². The molecule has 2 fully saturated rings. The number of ether oxygens (including phenoxy) is 1. The van der Waals surface area contributed by atoms with E-state index in [0.717, 1.165) is 19.3 Å². The van der Waals surface area contributed by atoms with Crippen LogP contribution in [0.1, 0.15) is 49.0 Å². The number of hydrogen-bond donors (Lipinski definition) is 4. The third-order valence-electron chi connectivity index (χ3n) is 6.45. The molecule has 0 radical (unpaired) electrons. The van der Waals surface area contributed by atoms with Crippen LogP contribution in [0, 0.1) is 29.0 Å². The van der Waals surface area contributed by atoms with Gasteiger partial charge in [0.15, 0.2) is 0 Å². The molecule has 10 heteroatoms. The van der Waals surface area contributed by atoms with Gasteiger partial charge in [-0.05, 0) is 49.8 Å². The number of halogens is 1. The number of methoxy groups -OCH3 is 1. The van der Waals surface area contributed by atoms with E-state index < -0.39 is 29.7 Å². The first kappa shape index (κ1) is 23.5. The number of nitrogens with one attached hydrogen (secondary N) is 4. The number of carbonyl (C=O) groups is 3. The van der Waals surface area contributed by atoms with Gasteiger partial charge in [-0.3, -0.25) is 14.4 Å². The normalized spacial score (nSPS) is 19.6. The Kier molecular flexibility index (Phi) is 7.01. The maximum absolute atomic E-state index is 14.2. The Hall–Kier alpha value is -3.61. The van der Waals surface area contributed by atoms with Crippen molar-refractivity contribution in [1.29, 1.82) is 5.26 Å². The monoisotopic (exact) mass is 469 g/mol. The van der Waals surface area contributed by atoms with Crippen LogP contribution in [-0.2, 0) is 9.59 Å². The van der Waals surface area contributed by atoms with Gasteiger partial charge >= 0.3 is 0 Å². The Morgan fingerprint density at radius 2 is 2.06 bits per heavy atom. The number of piperidine rings is 1. The lowest BCUT2D eigenvalue weighted by Crippen LogP contribution is -2.50. The summed E-state index contributed by atoms with van der Waals surface area (Å²) in [4.78, 5) is 40.8. The maximum Gasteiger partial charge on any atom is 0.268 e. The number of amides is 3. The van der Waals surface area contributed by atoms with E-state index in [-0.39, 0.29) is 29.5 Å². The number of rotatable bonds is 9. The van der Waals surface area contributed by atoms with E-state index in [0.29, 0.717) is 36.4 Å². The van der Waals surface area contributed by atoms with Crippen molar-refractivity contribution in [2.45, 2.75) is 50.6 Å². The Morgan fingerprint density at radius 3 is 2.74 bits per heavy atom. The third-order valence-corrected chi connectivity index (χ3v) is 6.45. The lowest BCUT2D eigenvalue weighted by atomic mass is 9.92. The van der Waals surface area contributed by atoms with E-state index in [1.807, 2.05) is 0 Å². The minimum absolute atomic E-state index is 0.0997. The third kappa shape index (κ3) is 5.30. The number of H-pyrrole nitrogens is 1. The number of fused-ring (bicyclic) bond motifs is 1. The number of carbonyl (C=O) groups excluding carboxylic acids is 3. The Bertz CT molecular complexity index is 1140. The van der Waals surface area contributed by atoms with Crippen molar-refractivity contribution in [2.75, 3.05) is 13.7 Å². The molecule has 3 atom stereocenters. The van der Waals surface area contributed by atoms with Gasteiger partial charge in [0.1, 0.15) is 29.3 Å². The van der Waals surface area contributed by atoms with Gasteiger partial charge in [-0.25, -0.2) is 4.39 Å². The van der Waals surface area contributed by atoms with Crippen molar-refractivity contribution in [3.63, 3.8) is 0 Å². The van der Waals surface area contributed by atoms with E-state index in [1.54, 1.807) is 0 Å². The van der Waals surface area contributed by atoms with Crippen molar-refractivity contribution in [3.05, 3.63) is 29.7 Å². The van der Waals surface area contributed by atoms with E-state index in [2.05, 4.69) is 27.0 Å². The van der Waals surface area contributed by atoms with Crippen LogP contribution in [0.3, 0.4) is 0 Å². The van der Waals surface area contributed by atoms with Gasteiger partial charge in [-0.15, -0.1) is 0 Å². The van der Waals surface area contributed by atoms with Crippen LogP contribution in [0.15, 0.2) is 18.2 Å². The molecule has 34 heavy (non-hydrogen) atoms. The lowest BCUT2D eigenvalue weighted by Gasteiger charge is -2.25. The van der Waals surface area contributed by atoms with Gasteiger partial charge in [0.05, 0.1) is 18.7 Å². The summed E-state index contributed by atoms with van der Waals surface area (Å²) in [5.41, 5.74) is 0.241. The molecule has 4 N–H and O–H groups in total. The SMILES string of the molecule is COc1ccc(F)c2[nH]c(C(=O)NC(CC3CC3)C(=O)N[C@H](C#N)CC3CCCNC3=O)cc12. The summed E-state index contributed by atoms with van der Waals surface area (Å²) >= 11 is 0. The lowest BCUT2D eigenvalue weighted by molar-refractivity contribution is -0.128.